The highest BCUT2D eigenvalue weighted by molar-refractivity contribution is 5.93. The number of nitro benzene ring substituents is 1. The number of benzene rings is 1. The fourth-order valence-electron chi connectivity index (χ4n) is 1.54. The van der Waals surface area contributed by atoms with Crippen molar-refractivity contribution >= 4 is 23.3 Å². The Labute approximate surface area is 126 Å². The van der Waals surface area contributed by atoms with E-state index in [0.29, 0.717) is 0 Å². The fraction of sp³-hybridized carbons (Fsp3) is 0.308. The summed E-state index contributed by atoms with van der Waals surface area (Å²) in [4.78, 5) is 33.3. The maximum absolute atomic E-state index is 11.8. The molecule has 1 rings (SSSR count). The summed E-state index contributed by atoms with van der Waals surface area (Å²) in [5.74, 6) is -1.40. The third kappa shape index (κ3) is 4.75. The van der Waals surface area contributed by atoms with Crippen molar-refractivity contribution in [1.82, 2.24) is 5.32 Å². The van der Waals surface area contributed by atoms with Crippen molar-refractivity contribution in [3.8, 4) is 6.07 Å². The molecule has 1 aromatic rings. The van der Waals surface area contributed by atoms with Crippen LogP contribution in [0.15, 0.2) is 18.2 Å². The summed E-state index contributed by atoms with van der Waals surface area (Å²) >= 11 is 0. The molecule has 0 fully saturated rings. The van der Waals surface area contributed by atoms with E-state index >= 15 is 0 Å². The van der Waals surface area contributed by atoms with Crippen LogP contribution in [0.25, 0.3) is 0 Å². The lowest BCUT2D eigenvalue weighted by Crippen LogP contribution is -2.29. The number of nitrogens with one attached hydrogen (secondary N) is 2. The van der Waals surface area contributed by atoms with Crippen LogP contribution in [0, 0.1) is 21.4 Å². The minimum atomic E-state index is -0.846. The molecule has 9 heteroatoms. The number of nitro groups is 1. The van der Waals surface area contributed by atoms with Crippen LogP contribution < -0.4 is 10.6 Å². The van der Waals surface area contributed by atoms with Crippen molar-refractivity contribution in [2.24, 2.45) is 0 Å². The largest absolute Gasteiger partial charge is 0.452 e. The first-order chi connectivity index (χ1) is 10.5. The zero-order chi connectivity index (χ0) is 16.5. The van der Waals surface area contributed by atoms with Crippen LogP contribution in [-0.4, -0.2) is 37.0 Å². The average Bonchev–Trinajstić information content (AvgIpc) is 2.52. The van der Waals surface area contributed by atoms with Crippen molar-refractivity contribution in [3.63, 3.8) is 0 Å². The van der Waals surface area contributed by atoms with Gasteiger partial charge in [-0.05, 0) is 12.1 Å². The van der Waals surface area contributed by atoms with Crippen LogP contribution in [0.4, 0.5) is 11.4 Å². The van der Waals surface area contributed by atoms with Gasteiger partial charge < -0.3 is 15.4 Å². The number of ether oxygens (including phenoxy) is 1. The third-order valence-electron chi connectivity index (χ3n) is 2.59. The van der Waals surface area contributed by atoms with Gasteiger partial charge in [0.25, 0.3) is 11.6 Å². The van der Waals surface area contributed by atoms with Gasteiger partial charge in [-0.3, -0.25) is 14.9 Å². The number of anilines is 1. The van der Waals surface area contributed by atoms with E-state index in [1.807, 2.05) is 6.07 Å². The summed E-state index contributed by atoms with van der Waals surface area (Å²) in [6.07, 6.45) is 0.150. The zero-order valence-corrected chi connectivity index (χ0v) is 11.8. The Morgan fingerprint density at radius 1 is 1.45 bits per heavy atom. The monoisotopic (exact) mass is 306 g/mol. The van der Waals surface area contributed by atoms with Gasteiger partial charge in [0.15, 0.2) is 6.61 Å². The molecule has 0 saturated carbocycles. The Hall–Kier alpha value is -3.15. The standard InChI is InChI=1S/C13H14N4O5/c1-15-10-4-3-9(7-11(10)17(20)21)13(19)22-8-12(18)16-6-2-5-14/h3-4,7,15H,2,6,8H2,1H3,(H,16,18). The van der Waals surface area contributed by atoms with E-state index < -0.39 is 23.4 Å². The van der Waals surface area contributed by atoms with Gasteiger partial charge in [0.05, 0.1) is 23.0 Å². The molecule has 0 radical (unpaired) electrons. The molecule has 0 unspecified atom stereocenters. The van der Waals surface area contributed by atoms with Gasteiger partial charge in [0.2, 0.25) is 0 Å². The maximum Gasteiger partial charge on any atom is 0.338 e. The van der Waals surface area contributed by atoms with Gasteiger partial charge >= 0.3 is 5.97 Å². The molecule has 2 N–H and O–H groups in total. The Bertz CT molecular complexity index is 623. The minimum Gasteiger partial charge on any atom is -0.452 e. The number of nitrogens with zero attached hydrogens (tertiary/aromatic N) is 2. The minimum absolute atomic E-state index is 0.0319. The topological polar surface area (TPSA) is 134 Å². The van der Waals surface area contributed by atoms with Crippen molar-refractivity contribution in [2.75, 3.05) is 25.5 Å². The molecule has 0 atom stereocenters. The van der Waals surface area contributed by atoms with E-state index in [4.69, 9.17) is 10.00 Å². The first kappa shape index (κ1) is 16.9. The van der Waals surface area contributed by atoms with Gasteiger partial charge in [-0.15, -0.1) is 0 Å². The van der Waals surface area contributed by atoms with Crippen LogP contribution in [0.3, 0.4) is 0 Å². The van der Waals surface area contributed by atoms with E-state index in [1.165, 1.54) is 19.2 Å². The number of nitriles is 1. The number of rotatable bonds is 7. The smallest absolute Gasteiger partial charge is 0.338 e. The van der Waals surface area contributed by atoms with Crippen molar-refractivity contribution in [1.29, 1.82) is 5.26 Å². The van der Waals surface area contributed by atoms with Crippen LogP contribution in [-0.2, 0) is 9.53 Å². The number of hydrogen-bond donors (Lipinski definition) is 2. The maximum atomic E-state index is 11.8. The van der Waals surface area contributed by atoms with E-state index in [1.54, 1.807) is 0 Å². The predicted molar refractivity (Wildman–Crippen MR) is 76.2 cm³/mol. The third-order valence-corrected chi connectivity index (χ3v) is 2.59. The lowest BCUT2D eigenvalue weighted by atomic mass is 10.1. The molecule has 0 aliphatic carbocycles. The van der Waals surface area contributed by atoms with Crippen LogP contribution >= 0.6 is 0 Å². The number of esters is 1. The molecular weight excluding hydrogens is 292 g/mol. The van der Waals surface area contributed by atoms with Crippen molar-refractivity contribution < 1.29 is 19.2 Å². The highest BCUT2D eigenvalue weighted by Crippen LogP contribution is 2.25. The molecule has 0 aliphatic rings. The van der Waals surface area contributed by atoms with Crippen LogP contribution in [0.5, 0.6) is 0 Å². The molecule has 0 heterocycles. The van der Waals surface area contributed by atoms with E-state index in [2.05, 4.69) is 10.6 Å². The number of amides is 1. The van der Waals surface area contributed by atoms with Gasteiger partial charge in [-0.25, -0.2) is 4.79 Å². The lowest BCUT2D eigenvalue weighted by Gasteiger charge is -2.07. The van der Waals surface area contributed by atoms with Gasteiger partial charge in [-0.1, -0.05) is 0 Å². The second kappa shape index (κ2) is 8.21. The molecule has 0 bridgehead atoms. The number of carbonyl (C=O) groups is 2. The molecule has 9 nitrogen and oxygen atoms in total. The summed E-state index contributed by atoms with van der Waals surface area (Å²) in [6, 6.07) is 5.65. The predicted octanol–water partition coefficient (Wildman–Crippen LogP) is 0.823. The molecule has 116 valence electrons. The molecule has 1 aromatic carbocycles. The lowest BCUT2D eigenvalue weighted by molar-refractivity contribution is -0.384. The van der Waals surface area contributed by atoms with Crippen LogP contribution in [0.1, 0.15) is 16.8 Å². The summed E-state index contributed by atoms with van der Waals surface area (Å²) in [7, 11) is 1.52. The highest BCUT2D eigenvalue weighted by Gasteiger charge is 2.18. The second-order valence-corrected chi connectivity index (χ2v) is 4.07. The van der Waals surface area contributed by atoms with E-state index in [0.717, 1.165) is 6.07 Å². The SMILES string of the molecule is CNc1ccc(C(=O)OCC(=O)NCCC#N)cc1[N+](=O)[O-]. The summed E-state index contributed by atoms with van der Waals surface area (Å²) in [5, 5.41) is 24.2. The quantitative estimate of drug-likeness (QED) is 0.329. The number of hydrogen-bond acceptors (Lipinski definition) is 7. The average molecular weight is 306 g/mol. The molecule has 0 aromatic heterocycles. The van der Waals surface area contributed by atoms with Crippen molar-refractivity contribution in [3.05, 3.63) is 33.9 Å². The Kier molecular flexibility index (Phi) is 6.31. The van der Waals surface area contributed by atoms with Crippen LogP contribution in [0.2, 0.25) is 0 Å². The molecule has 0 spiro atoms. The van der Waals surface area contributed by atoms with E-state index in [-0.39, 0.29) is 29.9 Å². The van der Waals surface area contributed by atoms with Gasteiger partial charge in [0.1, 0.15) is 5.69 Å². The first-order valence-electron chi connectivity index (χ1n) is 6.26. The highest BCUT2D eigenvalue weighted by atomic mass is 16.6. The summed E-state index contributed by atoms with van der Waals surface area (Å²) < 4.78 is 4.75. The zero-order valence-electron chi connectivity index (χ0n) is 11.8. The van der Waals surface area contributed by atoms with Gasteiger partial charge in [-0.2, -0.15) is 5.26 Å². The summed E-state index contributed by atoms with van der Waals surface area (Å²) in [5.41, 5.74) is -0.0401. The Balaban J connectivity index is 2.66. The fourth-order valence-corrected chi connectivity index (χ4v) is 1.54. The summed E-state index contributed by atoms with van der Waals surface area (Å²) in [6.45, 7) is -0.360. The first-order valence-corrected chi connectivity index (χ1v) is 6.26. The Morgan fingerprint density at radius 3 is 2.77 bits per heavy atom. The van der Waals surface area contributed by atoms with E-state index in [9.17, 15) is 19.7 Å². The molecule has 22 heavy (non-hydrogen) atoms. The molecular formula is C13H14N4O5. The number of carbonyl (C=O) groups excluding carboxylic acids is 2. The van der Waals surface area contributed by atoms with Crippen molar-refractivity contribution in [2.45, 2.75) is 6.42 Å². The second-order valence-electron chi connectivity index (χ2n) is 4.07. The molecule has 1 amide bonds. The molecule has 0 saturated heterocycles. The molecule has 0 aliphatic heterocycles. The van der Waals surface area contributed by atoms with Gasteiger partial charge in [0, 0.05) is 19.7 Å². The normalized spacial score (nSPS) is 9.45. The Morgan fingerprint density at radius 2 is 2.18 bits per heavy atom.